The molecule has 1 heteroatoms. The standard InChI is InChI=1S/C22H31P/c1-4-6-12-18-14-8-10-16-20(18)22(3,23)21-17-11-9-15-19(21)13-7-5-2/h8-11,14-17H,4-7,12-13,23H2,1-3H3. The van der Waals surface area contributed by atoms with Gasteiger partial charge in [0.25, 0.3) is 0 Å². The first-order valence-corrected chi connectivity index (χ1v) is 9.64. The predicted octanol–water partition coefficient (Wildman–Crippen LogP) is 6.51. The Balaban J connectivity index is 2.42. The van der Waals surface area contributed by atoms with Crippen LogP contribution in [0.1, 0.15) is 68.7 Å². The molecule has 1 unspecified atom stereocenters. The van der Waals surface area contributed by atoms with Crippen molar-refractivity contribution in [1.82, 2.24) is 0 Å². The molecule has 0 aliphatic carbocycles. The number of aryl methyl sites for hydroxylation is 2. The Bertz CT molecular complexity index is 559. The van der Waals surface area contributed by atoms with E-state index in [-0.39, 0.29) is 5.16 Å². The maximum absolute atomic E-state index is 3.14. The molecule has 0 radical (unpaired) electrons. The van der Waals surface area contributed by atoms with E-state index >= 15 is 0 Å². The lowest BCUT2D eigenvalue weighted by Crippen LogP contribution is -2.19. The zero-order chi connectivity index (χ0) is 16.7. The molecule has 1 atom stereocenters. The summed E-state index contributed by atoms with van der Waals surface area (Å²) in [4.78, 5) is 0. The molecule has 2 aromatic rings. The van der Waals surface area contributed by atoms with Gasteiger partial charge < -0.3 is 0 Å². The molecule has 2 aromatic carbocycles. The van der Waals surface area contributed by atoms with E-state index in [2.05, 4.69) is 78.5 Å². The Morgan fingerprint density at radius 2 is 1.13 bits per heavy atom. The van der Waals surface area contributed by atoms with Gasteiger partial charge in [0, 0.05) is 5.16 Å². The summed E-state index contributed by atoms with van der Waals surface area (Å²) in [5.74, 6) is 0. The molecule has 0 saturated heterocycles. The molecule has 124 valence electrons. The Labute approximate surface area is 144 Å². The van der Waals surface area contributed by atoms with Crippen LogP contribution in [0.5, 0.6) is 0 Å². The highest BCUT2D eigenvalue weighted by molar-refractivity contribution is 7.18. The second-order valence-electron chi connectivity index (χ2n) is 6.72. The number of unbranched alkanes of at least 4 members (excludes halogenated alkanes) is 2. The lowest BCUT2D eigenvalue weighted by atomic mass is 9.84. The summed E-state index contributed by atoms with van der Waals surface area (Å²) < 4.78 is 0. The number of hydrogen-bond donors (Lipinski definition) is 0. The van der Waals surface area contributed by atoms with Crippen LogP contribution in [-0.4, -0.2) is 0 Å². The highest BCUT2D eigenvalue weighted by Crippen LogP contribution is 2.42. The molecule has 23 heavy (non-hydrogen) atoms. The average molecular weight is 326 g/mol. The molecular weight excluding hydrogens is 295 g/mol. The molecule has 0 heterocycles. The van der Waals surface area contributed by atoms with Crippen molar-refractivity contribution in [2.75, 3.05) is 0 Å². The number of hydrogen-bond acceptors (Lipinski definition) is 0. The average Bonchev–Trinajstić information content (AvgIpc) is 2.58. The first-order valence-electron chi connectivity index (χ1n) is 9.06. The van der Waals surface area contributed by atoms with Crippen molar-refractivity contribution in [3.05, 3.63) is 70.8 Å². The maximum Gasteiger partial charge on any atom is 0.0321 e. The van der Waals surface area contributed by atoms with E-state index in [1.807, 2.05) is 0 Å². The molecule has 0 aliphatic rings. The fourth-order valence-electron chi connectivity index (χ4n) is 3.37. The molecule has 0 amide bonds. The molecular formula is C22H31P. The summed E-state index contributed by atoms with van der Waals surface area (Å²) in [7, 11) is 3.14. The third-order valence-electron chi connectivity index (χ3n) is 4.75. The smallest absolute Gasteiger partial charge is 0.0321 e. The van der Waals surface area contributed by atoms with Crippen LogP contribution < -0.4 is 0 Å². The molecule has 0 fully saturated rings. The largest absolute Gasteiger partial charge is 0.122 e. The summed E-state index contributed by atoms with van der Waals surface area (Å²) >= 11 is 0. The minimum atomic E-state index is -0.0192. The van der Waals surface area contributed by atoms with Crippen LogP contribution in [0.2, 0.25) is 0 Å². The first-order chi connectivity index (χ1) is 11.1. The number of rotatable bonds is 8. The van der Waals surface area contributed by atoms with Crippen molar-refractivity contribution >= 4 is 9.24 Å². The summed E-state index contributed by atoms with van der Waals surface area (Å²) in [6.07, 6.45) is 7.36. The zero-order valence-corrected chi connectivity index (χ0v) is 16.1. The van der Waals surface area contributed by atoms with Crippen molar-refractivity contribution in [3.63, 3.8) is 0 Å². The van der Waals surface area contributed by atoms with E-state index in [4.69, 9.17) is 0 Å². The quantitative estimate of drug-likeness (QED) is 0.485. The minimum absolute atomic E-state index is 0.0192. The molecule has 0 nitrogen and oxygen atoms in total. The van der Waals surface area contributed by atoms with Gasteiger partial charge in [-0.05, 0) is 54.9 Å². The van der Waals surface area contributed by atoms with E-state index in [9.17, 15) is 0 Å². The maximum atomic E-state index is 3.14. The lowest BCUT2D eigenvalue weighted by Gasteiger charge is -2.30. The van der Waals surface area contributed by atoms with E-state index in [1.165, 1.54) is 60.8 Å². The van der Waals surface area contributed by atoms with Crippen LogP contribution in [0.15, 0.2) is 48.5 Å². The van der Waals surface area contributed by atoms with Gasteiger partial charge in [-0.3, -0.25) is 0 Å². The molecule has 2 rings (SSSR count). The van der Waals surface area contributed by atoms with Gasteiger partial charge in [-0.15, -0.1) is 9.24 Å². The normalized spacial score (nSPS) is 11.7. The van der Waals surface area contributed by atoms with Gasteiger partial charge in [0.2, 0.25) is 0 Å². The zero-order valence-electron chi connectivity index (χ0n) is 14.9. The van der Waals surface area contributed by atoms with Gasteiger partial charge in [0.1, 0.15) is 0 Å². The molecule has 0 spiro atoms. The van der Waals surface area contributed by atoms with Crippen LogP contribution in [0, 0.1) is 0 Å². The molecule has 0 aliphatic heterocycles. The SMILES string of the molecule is CCCCc1ccccc1C(C)(P)c1ccccc1CCCC. The van der Waals surface area contributed by atoms with Gasteiger partial charge in [-0.2, -0.15) is 0 Å². The van der Waals surface area contributed by atoms with Crippen molar-refractivity contribution in [1.29, 1.82) is 0 Å². The van der Waals surface area contributed by atoms with Crippen molar-refractivity contribution in [2.45, 2.75) is 64.5 Å². The second-order valence-corrected chi connectivity index (χ2v) is 7.88. The van der Waals surface area contributed by atoms with Crippen LogP contribution in [0.4, 0.5) is 0 Å². The summed E-state index contributed by atoms with van der Waals surface area (Å²) in [5, 5.41) is -0.0192. The highest BCUT2D eigenvalue weighted by atomic mass is 31.0. The van der Waals surface area contributed by atoms with Gasteiger partial charge >= 0.3 is 0 Å². The Morgan fingerprint density at radius 3 is 1.52 bits per heavy atom. The Kier molecular flexibility index (Phi) is 6.85. The second kappa shape index (κ2) is 8.65. The third-order valence-corrected chi connectivity index (χ3v) is 5.38. The monoisotopic (exact) mass is 326 g/mol. The summed E-state index contributed by atoms with van der Waals surface area (Å²) in [6, 6.07) is 18.0. The van der Waals surface area contributed by atoms with Gasteiger partial charge in [-0.1, -0.05) is 75.2 Å². The van der Waals surface area contributed by atoms with Crippen LogP contribution in [0.3, 0.4) is 0 Å². The fraction of sp³-hybridized carbons (Fsp3) is 0.455. The molecule has 0 N–H and O–H groups in total. The summed E-state index contributed by atoms with van der Waals surface area (Å²) in [5.41, 5.74) is 5.92. The van der Waals surface area contributed by atoms with Crippen molar-refractivity contribution in [3.8, 4) is 0 Å². The highest BCUT2D eigenvalue weighted by Gasteiger charge is 2.27. The van der Waals surface area contributed by atoms with E-state index < -0.39 is 0 Å². The van der Waals surface area contributed by atoms with Crippen LogP contribution in [-0.2, 0) is 18.0 Å². The molecule has 0 bridgehead atoms. The third kappa shape index (κ3) is 4.45. The Morgan fingerprint density at radius 1 is 0.739 bits per heavy atom. The first kappa shape index (κ1) is 18.2. The van der Waals surface area contributed by atoms with Crippen molar-refractivity contribution in [2.24, 2.45) is 0 Å². The van der Waals surface area contributed by atoms with E-state index in [0.717, 1.165) is 0 Å². The molecule has 0 aromatic heterocycles. The predicted molar refractivity (Wildman–Crippen MR) is 106 cm³/mol. The summed E-state index contributed by atoms with van der Waals surface area (Å²) in [6.45, 7) is 6.89. The lowest BCUT2D eigenvalue weighted by molar-refractivity contribution is 0.739. The van der Waals surface area contributed by atoms with Crippen LogP contribution >= 0.6 is 9.24 Å². The Hall–Kier alpha value is -1.13. The van der Waals surface area contributed by atoms with Gasteiger partial charge in [0.05, 0.1) is 0 Å². The topological polar surface area (TPSA) is 0 Å². The molecule has 0 saturated carbocycles. The fourth-order valence-corrected chi connectivity index (χ4v) is 3.93. The van der Waals surface area contributed by atoms with Crippen molar-refractivity contribution < 1.29 is 0 Å². The number of benzene rings is 2. The van der Waals surface area contributed by atoms with E-state index in [0.29, 0.717) is 0 Å². The van der Waals surface area contributed by atoms with E-state index in [1.54, 1.807) is 0 Å². The minimum Gasteiger partial charge on any atom is -0.122 e. The van der Waals surface area contributed by atoms with Crippen LogP contribution in [0.25, 0.3) is 0 Å². The van der Waals surface area contributed by atoms with Gasteiger partial charge in [0.15, 0.2) is 0 Å². The van der Waals surface area contributed by atoms with Gasteiger partial charge in [-0.25, -0.2) is 0 Å².